The number of carbonyl (C=O) groups excluding carboxylic acids is 3. The van der Waals surface area contributed by atoms with E-state index in [0.717, 1.165) is 61.6 Å². The predicted octanol–water partition coefficient (Wildman–Crippen LogP) is 5.09. The van der Waals surface area contributed by atoms with Crippen LogP contribution in [0.2, 0.25) is 0 Å². The van der Waals surface area contributed by atoms with Crippen LogP contribution >= 0.6 is 0 Å². The fraction of sp³-hybridized carbons (Fsp3) is 0.700. The van der Waals surface area contributed by atoms with Gasteiger partial charge >= 0.3 is 6.09 Å². The molecular formula is C30H49N3O5. The third-order valence-corrected chi connectivity index (χ3v) is 7.16. The lowest BCUT2D eigenvalue weighted by Gasteiger charge is -2.36. The molecule has 0 bridgehead atoms. The highest BCUT2D eigenvalue weighted by atomic mass is 16.6. The number of alkyl carbamates (subject to hydrolysis) is 1. The second-order valence-electron chi connectivity index (χ2n) is 11.5. The predicted molar refractivity (Wildman–Crippen MR) is 150 cm³/mol. The van der Waals surface area contributed by atoms with Gasteiger partial charge < -0.3 is 25.4 Å². The molecule has 38 heavy (non-hydrogen) atoms. The van der Waals surface area contributed by atoms with Gasteiger partial charge in [0, 0.05) is 12.6 Å². The largest absolute Gasteiger partial charge is 0.444 e. The molecule has 0 spiro atoms. The fourth-order valence-electron chi connectivity index (χ4n) is 4.96. The molecule has 3 N–H and O–H groups in total. The van der Waals surface area contributed by atoms with Crippen molar-refractivity contribution in [3.05, 3.63) is 34.9 Å². The first-order valence-corrected chi connectivity index (χ1v) is 14.3. The summed E-state index contributed by atoms with van der Waals surface area (Å²) in [5, 5.41) is 15.9. The first kappa shape index (κ1) is 31.6. The highest BCUT2D eigenvalue weighted by Gasteiger charge is 2.37. The maximum Gasteiger partial charge on any atom is 0.408 e. The summed E-state index contributed by atoms with van der Waals surface area (Å²) in [7, 11) is 0. The lowest BCUT2D eigenvalue weighted by atomic mass is 9.92. The van der Waals surface area contributed by atoms with Crippen molar-refractivity contribution in [1.29, 1.82) is 0 Å². The zero-order chi connectivity index (χ0) is 28.3. The number of rotatable bonds is 12. The molecule has 0 saturated heterocycles. The van der Waals surface area contributed by atoms with Crippen molar-refractivity contribution < 1.29 is 24.2 Å². The third kappa shape index (κ3) is 9.61. The Hall–Kier alpha value is -2.61. The molecule has 1 aromatic carbocycles. The van der Waals surface area contributed by atoms with Crippen LogP contribution in [0.4, 0.5) is 4.79 Å². The number of amides is 3. The van der Waals surface area contributed by atoms with E-state index >= 15 is 0 Å². The number of hydrogen-bond acceptors (Lipinski definition) is 5. The number of carbonyl (C=O) groups is 3. The van der Waals surface area contributed by atoms with Crippen molar-refractivity contribution in [1.82, 2.24) is 15.5 Å². The number of unbranched alkanes of at least 4 members (excludes halogenated alkanes) is 3. The molecule has 3 amide bonds. The van der Waals surface area contributed by atoms with E-state index in [0.29, 0.717) is 13.0 Å². The number of aliphatic hydroxyl groups is 1. The summed E-state index contributed by atoms with van der Waals surface area (Å²) in [6, 6.07) is 3.76. The molecule has 1 saturated carbocycles. The molecule has 8 heteroatoms. The standard InChI is InChI=1S/C30H49N3O5/c1-7-8-9-13-19-33(28(36)25(20-34)32-29(37)38-30(4,5)6)26(24-18-14-15-21(2)22(24)3)27(35)31-23-16-11-10-12-17-23/h14-15,18,23,25-26,34H,7-13,16-17,19-20H2,1-6H3,(H,31,35)(H,32,37). The Bertz CT molecular complexity index is 921. The zero-order valence-electron chi connectivity index (χ0n) is 24.3. The Morgan fingerprint density at radius 3 is 2.37 bits per heavy atom. The molecule has 1 aliphatic carbocycles. The minimum Gasteiger partial charge on any atom is -0.444 e. The number of nitrogens with one attached hydrogen (secondary N) is 2. The van der Waals surface area contributed by atoms with Crippen LogP contribution in [-0.2, 0) is 14.3 Å². The van der Waals surface area contributed by atoms with Gasteiger partial charge in [0.2, 0.25) is 11.8 Å². The van der Waals surface area contributed by atoms with E-state index in [1.54, 1.807) is 25.7 Å². The van der Waals surface area contributed by atoms with Crippen LogP contribution in [0.3, 0.4) is 0 Å². The molecule has 0 radical (unpaired) electrons. The van der Waals surface area contributed by atoms with Crippen LogP contribution < -0.4 is 10.6 Å². The van der Waals surface area contributed by atoms with Crippen molar-refractivity contribution >= 4 is 17.9 Å². The van der Waals surface area contributed by atoms with E-state index in [9.17, 15) is 19.5 Å². The van der Waals surface area contributed by atoms with Crippen molar-refractivity contribution in [3.63, 3.8) is 0 Å². The van der Waals surface area contributed by atoms with Gasteiger partial charge in [0.1, 0.15) is 17.7 Å². The highest BCUT2D eigenvalue weighted by molar-refractivity contribution is 5.92. The molecular weight excluding hydrogens is 482 g/mol. The first-order chi connectivity index (χ1) is 18.0. The van der Waals surface area contributed by atoms with Gasteiger partial charge in [-0.05, 0) is 70.6 Å². The lowest BCUT2D eigenvalue weighted by molar-refractivity contribution is -0.143. The third-order valence-electron chi connectivity index (χ3n) is 7.16. The zero-order valence-corrected chi connectivity index (χ0v) is 24.3. The van der Waals surface area contributed by atoms with Crippen molar-refractivity contribution in [2.45, 2.75) is 123 Å². The van der Waals surface area contributed by atoms with Gasteiger partial charge in [-0.25, -0.2) is 4.79 Å². The molecule has 214 valence electrons. The van der Waals surface area contributed by atoms with Crippen molar-refractivity contribution in [2.24, 2.45) is 0 Å². The van der Waals surface area contributed by atoms with Gasteiger partial charge in [0.25, 0.3) is 0 Å². The molecule has 0 heterocycles. The second kappa shape index (κ2) is 15.1. The molecule has 1 aliphatic rings. The summed E-state index contributed by atoms with van der Waals surface area (Å²) in [5.74, 6) is -0.719. The Morgan fingerprint density at radius 2 is 1.76 bits per heavy atom. The minimum atomic E-state index is -1.23. The highest BCUT2D eigenvalue weighted by Crippen LogP contribution is 2.29. The summed E-state index contributed by atoms with van der Waals surface area (Å²) in [4.78, 5) is 42.0. The van der Waals surface area contributed by atoms with Crippen LogP contribution in [0.25, 0.3) is 0 Å². The van der Waals surface area contributed by atoms with Gasteiger partial charge in [0.05, 0.1) is 6.61 Å². The van der Waals surface area contributed by atoms with Crippen molar-refractivity contribution in [3.8, 4) is 0 Å². The number of nitrogens with zero attached hydrogens (tertiary/aromatic N) is 1. The quantitative estimate of drug-likeness (QED) is 0.326. The number of hydrogen-bond donors (Lipinski definition) is 3. The SMILES string of the molecule is CCCCCCN(C(=O)C(CO)NC(=O)OC(C)(C)C)C(C(=O)NC1CCCCC1)c1cccc(C)c1C. The van der Waals surface area contributed by atoms with Crippen LogP contribution in [-0.4, -0.2) is 58.8 Å². The summed E-state index contributed by atoms with van der Waals surface area (Å²) < 4.78 is 5.33. The molecule has 2 unspecified atom stereocenters. The molecule has 2 rings (SSSR count). The second-order valence-corrected chi connectivity index (χ2v) is 11.5. The summed E-state index contributed by atoms with van der Waals surface area (Å²) in [6.45, 7) is 11.0. The Morgan fingerprint density at radius 1 is 1.08 bits per heavy atom. The number of aryl methyl sites for hydroxylation is 1. The maximum atomic E-state index is 14.0. The molecule has 0 aromatic heterocycles. The Kier molecular flexibility index (Phi) is 12.6. The lowest BCUT2D eigenvalue weighted by Crippen LogP contribution is -2.55. The Balaban J connectivity index is 2.45. The Labute approximate surface area is 228 Å². The fourth-order valence-corrected chi connectivity index (χ4v) is 4.96. The molecule has 1 fully saturated rings. The van der Waals surface area contributed by atoms with Gasteiger partial charge in [0.15, 0.2) is 0 Å². The molecule has 1 aromatic rings. The number of ether oxygens (including phenoxy) is 1. The van der Waals surface area contributed by atoms with Crippen LogP contribution in [0.1, 0.15) is 108 Å². The van der Waals surface area contributed by atoms with E-state index in [1.807, 2.05) is 32.0 Å². The van der Waals surface area contributed by atoms with Crippen molar-refractivity contribution in [2.75, 3.05) is 13.2 Å². The average molecular weight is 532 g/mol. The van der Waals surface area contributed by atoms with Crippen LogP contribution in [0.15, 0.2) is 18.2 Å². The van der Waals surface area contributed by atoms with E-state index in [4.69, 9.17) is 4.74 Å². The smallest absolute Gasteiger partial charge is 0.408 e. The van der Waals surface area contributed by atoms with Gasteiger partial charge in [-0.1, -0.05) is 63.6 Å². The van der Waals surface area contributed by atoms with Gasteiger partial charge in [-0.2, -0.15) is 0 Å². The monoisotopic (exact) mass is 531 g/mol. The van der Waals surface area contributed by atoms with E-state index < -0.39 is 36.3 Å². The van der Waals surface area contributed by atoms with E-state index in [2.05, 4.69) is 17.6 Å². The number of benzene rings is 1. The minimum absolute atomic E-state index is 0.0782. The summed E-state index contributed by atoms with van der Waals surface area (Å²) in [5.41, 5.74) is 1.98. The molecule has 0 aliphatic heterocycles. The topological polar surface area (TPSA) is 108 Å². The van der Waals surface area contributed by atoms with E-state index in [-0.39, 0.29) is 11.9 Å². The van der Waals surface area contributed by atoms with Crippen LogP contribution in [0, 0.1) is 13.8 Å². The summed E-state index contributed by atoms with van der Waals surface area (Å²) >= 11 is 0. The maximum absolute atomic E-state index is 14.0. The molecule has 2 atom stereocenters. The van der Waals surface area contributed by atoms with E-state index in [1.165, 1.54) is 6.42 Å². The number of aliphatic hydroxyl groups excluding tert-OH is 1. The molecule has 8 nitrogen and oxygen atoms in total. The summed E-state index contributed by atoms with van der Waals surface area (Å²) in [6.07, 6.45) is 8.06. The van der Waals surface area contributed by atoms with Crippen LogP contribution in [0.5, 0.6) is 0 Å². The van der Waals surface area contributed by atoms with Gasteiger partial charge in [-0.3, -0.25) is 9.59 Å². The van der Waals surface area contributed by atoms with Gasteiger partial charge in [-0.15, -0.1) is 0 Å². The normalized spacial score (nSPS) is 15.9. The first-order valence-electron chi connectivity index (χ1n) is 14.3. The average Bonchev–Trinajstić information content (AvgIpc) is 2.85.